The third-order valence-electron chi connectivity index (χ3n) is 3.53. The van der Waals surface area contributed by atoms with Gasteiger partial charge in [-0.2, -0.15) is 0 Å². The molecule has 1 amide bonds. The zero-order valence-corrected chi connectivity index (χ0v) is 16.1. The lowest BCUT2D eigenvalue weighted by atomic mass is 10.1. The summed E-state index contributed by atoms with van der Waals surface area (Å²) in [6, 6.07) is 5.90. The molecule has 0 atom stereocenters. The Morgan fingerprint density at radius 1 is 1.42 bits per heavy atom. The van der Waals surface area contributed by atoms with E-state index in [1.54, 1.807) is 18.0 Å². The van der Waals surface area contributed by atoms with Crippen LogP contribution < -0.4 is 21.5 Å². The smallest absolute Gasteiger partial charge is 0.273 e. The molecule has 0 spiro atoms. The highest BCUT2D eigenvalue weighted by atomic mass is 79.9. The Balaban J connectivity index is 1.80. The number of aryl methyl sites for hydroxylation is 2. The number of aliphatic imine (C=N–C) groups is 1. The van der Waals surface area contributed by atoms with Crippen LogP contribution in [0.5, 0.6) is 5.75 Å². The summed E-state index contributed by atoms with van der Waals surface area (Å²) in [4.78, 5) is 15.9. The first-order valence-electron chi connectivity index (χ1n) is 8.05. The van der Waals surface area contributed by atoms with Crippen molar-refractivity contribution in [1.82, 2.24) is 20.3 Å². The number of guanidine groups is 1. The lowest BCUT2D eigenvalue weighted by molar-refractivity contribution is 0.0948. The van der Waals surface area contributed by atoms with Gasteiger partial charge in [0, 0.05) is 19.6 Å². The topological polar surface area (TPSA) is 133 Å². The summed E-state index contributed by atoms with van der Waals surface area (Å²) in [5, 5.41) is 10.6. The summed E-state index contributed by atoms with van der Waals surface area (Å²) < 4.78 is 7.76. The minimum atomic E-state index is -0.270. The van der Waals surface area contributed by atoms with Crippen molar-refractivity contribution in [3.05, 3.63) is 40.1 Å². The van der Waals surface area contributed by atoms with E-state index in [9.17, 15) is 4.79 Å². The molecule has 2 rings (SSSR count). The third kappa shape index (κ3) is 6.03. The average Bonchev–Trinajstić information content (AvgIpc) is 3.08. The molecule has 26 heavy (non-hydrogen) atoms. The molecule has 0 radical (unpaired) electrons. The Hall–Kier alpha value is -2.62. The minimum Gasteiger partial charge on any atom is -0.496 e. The molecule has 0 saturated carbocycles. The van der Waals surface area contributed by atoms with Crippen molar-refractivity contribution in [3.63, 3.8) is 0 Å². The van der Waals surface area contributed by atoms with Crippen molar-refractivity contribution in [1.29, 1.82) is 0 Å². The molecule has 2 aromatic rings. The van der Waals surface area contributed by atoms with Gasteiger partial charge in [-0.3, -0.25) is 14.5 Å². The number of benzene rings is 1. The Morgan fingerprint density at radius 3 is 2.92 bits per heavy atom. The van der Waals surface area contributed by atoms with Gasteiger partial charge in [-0.25, -0.2) is 0 Å². The number of rotatable bonds is 9. The molecule has 1 aromatic carbocycles. The molecule has 10 heteroatoms. The van der Waals surface area contributed by atoms with Crippen molar-refractivity contribution in [3.8, 4) is 5.75 Å². The molecule has 0 aliphatic carbocycles. The predicted octanol–water partition coefficient (Wildman–Crippen LogP) is 0.685. The van der Waals surface area contributed by atoms with Gasteiger partial charge in [-0.05, 0) is 46.5 Å². The SMILES string of the molecule is COc1ccc(CCn2cc(C(=O)NCCCN=C(N)N)nn2)cc1Br. The number of amides is 1. The van der Waals surface area contributed by atoms with E-state index in [0.717, 1.165) is 22.2 Å². The van der Waals surface area contributed by atoms with Crippen LogP contribution in [0.3, 0.4) is 0 Å². The monoisotopic (exact) mass is 423 g/mol. The van der Waals surface area contributed by atoms with Crippen molar-refractivity contribution in [2.45, 2.75) is 19.4 Å². The zero-order chi connectivity index (χ0) is 18.9. The standard InChI is InChI=1S/C16H22BrN7O2/c1-26-14-4-3-11(9-12(14)17)5-8-24-10-13(22-23-24)15(25)20-6-2-7-21-16(18)19/h3-4,9-10H,2,5-8H2,1H3,(H,20,25)(H4,18,19,21). The first-order valence-corrected chi connectivity index (χ1v) is 8.85. The highest BCUT2D eigenvalue weighted by molar-refractivity contribution is 9.10. The van der Waals surface area contributed by atoms with Crippen LogP contribution in [-0.2, 0) is 13.0 Å². The van der Waals surface area contributed by atoms with Crippen molar-refractivity contribution >= 4 is 27.8 Å². The van der Waals surface area contributed by atoms with Crippen molar-refractivity contribution < 1.29 is 9.53 Å². The Kier molecular flexibility index (Phi) is 7.39. The number of hydrogen-bond acceptors (Lipinski definition) is 5. The number of nitrogens with one attached hydrogen (secondary N) is 1. The van der Waals surface area contributed by atoms with Crippen molar-refractivity contribution in [2.75, 3.05) is 20.2 Å². The van der Waals surface area contributed by atoms with Gasteiger partial charge in [0.1, 0.15) is 5.75 Å². The Bertz CT molecular complexity index is 772. The lowest BCUT2D eigenvalue weighted by Crippen LogP contribution is -2.26. The molecule has 1 heterocycles. The summed E-state index contributed by atoms with van der Waals surface area (Å²) in [6.45, 7) is 1.54. The minimum absolute atomic E-state index is 0.0446. The summed E-state index contributed by atoms with van der Waals surface area (Å²) in [5.41, 5.74) is 11.9. The number of carbonyl (C=O) groups excluding carboxylic acids is 1. The molecule has 0 bridgehead atoms. The van der Waals surface area contributed by atoms with Crippen LogP contribution in [0.1, 0.15) is 22.5 Å². The molecule has 140 valence electrons. The van der Waals surface area contributed by atoms with Gasteiger partial charge in [0.25, 0.3) is 5.91 Å². The summed E-state index contributed by atoms with van der Waals surface area (Å²) in [5.74, 6) is 0.560. The highest BCUT2D eigenvalue weighted by Gasteiger charge is 2.10. The van der Waals surface area contributed by atoms with E-state index in [0.29, 0.717) is 26.1 Å². The van der Waals surface area contributed by atoms with E-state index in [-0.39, 0.29) is 17.6 Å². The van der Waals surface area contributed by atoms with Gasteiger partial charge in [-0.1, -0.05) is 11.3 Å². The number of ether oxygens (including phenoxy) is 1. The van der Waals surface area contributed by atoms with E-state index in [1.165, 1.54) is 0 Å². The maximum Gasteiger partial charge on any atom is 0.273 e. The van der Waals surface area contributed by atoms with Crippen LogP contribution in [0, 0.1) is 0 Å². The van der Waals surface area contributed by atoms with Crippen LogP contribution in [0.2, 0.25) is 0 Å². The van der Waals surface area contributed by atoms with Crippen LogP contribution in [0.15, 0.2) is 33.9 Å². The van der Waals surface area contributed by atoms with Gasteiger partial charge in [0.2, 0.25) is 0 Å². The fourth-order valence-corrected chi connectivity index (χ4v) is 2.79. The molecule has 1 aromatic heterocycles. The van der Waals surface area contributed by atoms with Gasteiger partial charge in [-0.15, -0.1) is 5.10 Å². The molecule has 5 N–H and O–H groups in total. The number of carbonyl (C=O) groups is 1. The van der Waals surface area contributed by atoms with Gasteiger partial charge in [0.05, 0.1) is 17.8 Å². The second-order valence-corrected chi connectivity index (χ2v) is 6.36. The fraction of sp³-hybridized carbons (Fsp3) is 0.375. The lowest BCUT2D eigenvalue weighted by Gasteiger charge is -2.06. The Labute approximate surface area is 159 Å². The second-order valence-electron chi connectivity index (χ2n) is 5.50. The fourth-order valence-electron chi connectivity index (χ4n) is 2.20. The van der Waals surface area contributed by atoms with Gasteiger partial charge >= 0.3 is 0 Å². The first kappa shape index (κ1) is 19.7. The van der Waals surface area contributed by atoms with Crippen LogP contribution in [-0.4, -0.2) is 47.1 Å². The number of methoxy groups -OCH3 is 1. The van der Waals surface area contributed by atoms with Crippen molar-refractivity contribution in [2.24, 2.45) is 16.5 Å². The number of aromatic nitrogens is 3. The summed E-state index contributed by atoms with van der Waals surface area (Å²) >= 11 is 3.47. The quantitative estimate of drug-likeness (QED) is 0.308. The number of halogens is 1. The maximum absolute atomic E-state index is 12.0. The van der Waals surface area contributed by atoms with E-state index < -0.39 is 0 Å². The average molecular weight is 424 g/mol. The normalized spacial score (nSPS) is 10.4. The molecular formula is C16H22BrN7O2. The largest absolute Gasteiger partial charge is 0.496 e. The van der Waals surface area contributed by atoms with E-state index in [2.05, 4.69) is 36.6 Å². The number of nitrogens with zero attached hydrogens (tertiary/aromatic N) is 4. The predicted molar refractivity (Wildman–Crippen MR) is 102 cm³/mol. The molecule has 9 nitrogen and oxygen atoms in total. The third-order valence-corrected chi connectivity index (χ3v) is 4.15. The van der Waals surface area contributed by atoms with E-state index in [4.69, 9.17) is 16.2 Å². The maximum atomic E-state index is 12.0. The molecule has 0 unspecified atom stereocenters. The molecular weight excluding hydrogens is 402 g/mol. The zero-order valence-electron chi connectivity index (χ0n) is 14.5. The van der Waals surface area contributed by atoms with Crippen LogP contribution in [0.4, 0.5) is 0 Å². The van der Waals surface area contributed by atoms with E-state index in [1.807, 2.05) is 18.2 Å². The first-order chi connectivity index (χ1) is 12.5. The second kappa shape index (κ2) is 9.76. The molecule has 0 aliphatic heterocycles. The molecule has 0 saturated heterocycles. The number of nitrogens with two attached hydrogens (primary N) is 2. The van der Waals surface area contributed by atoms with Gasteiger partial charge in [0.15, 0.2) is 11.7 Å². The molecule has 0 aliphatic rings. The molecule has 0 fully saturated rings. The summed E-state index contributed by atoms with van der Waals surface area (Å²) in [6.07, 6.45) is 3.03. The Morgan fingerprint density at radius 2 is 2.23 bits per heavy atom. The summed E-state index contributed by atoms with van der Waals surface area (Å²) in [7, 11) is 1.63. The van der Waals surface area contributed by atoms with E-state index >= 15 is 0 Å². The van der Waals surface area contributed by atoms with Crippen LogP contribution in [0.25, 0.3) is 0 Å². The number of hydrogen-bond donors (Lipinski definition) is 3. The van der Waals surface area contributed by atoms with Crippen LogP contribution >= 0.6 is 15.9 Å². The van der Waals surface area contributed by atoms with Gasteiger partial charge < -0.3 is 21.5 Å². The highest BCUT2D eigenvalue weighted by Crippen LogP contribution is 2.25.